The molecule has 106 valence electrons. The Labute approximate surface area is 121 Å². The molecule has 0 N–H and O–H groups in total. The summed E-state index contributed by atoms with van der Waals surface area (Å²) in [5, 5.41) is 8.88. The first-order valence-corrected chi connectivity index (χ1v) is 7.83. The van der Waals surface area contributed by atoms with Gasteiger partial charge in [-0.2, -0.15) is 5.26 Å². The average Bonchev–Trinajstić information content (AvgIpc) is 2.54. The lowest BCUT2D eigenvalue weighted by atomic mass is 9.65. The van der Waals surface area contributed by atoms with E-state index in [-0.39, 0.29) is 0 Å². The van der Waals surface area contributed by atoms with E-state index in [9.17, 15) is 0 Å². The zero-order valence-corrected chi connectivity index (χ0v) is 12.2. The minimum Gasteiger partial charge on any atom is -0.381 e. The molecule has 0 bridgehead atoms. The van der Waals surface area contributed by atoms with Gasteiger partial charge in [-0.25, -0.2) is 0 Å². The highest BCUT2D eigenvalue weighted by molar-refractivity contribution is 5.33. The highest BCUT2D eigenvalue weighted by Gasteiger charge is 2.35. The van der Waals surface area contributed by atoms with Gasteiger partial charge in [0.25, 0.3) is 0 Å². The van der Waals surface area contributed by atoms with Gasteiger partial charge in [0, 0.05) is 7.11 Å². The van der Waals surface area contributed by atoms with Gasteiger partial charge in [0.15, 0.2) is 0 Å². The predicted octanol–water partition coefficient (Wildman–Crippen LogP) is 4.26. The number of nitrogens with zero attached hydrogens (tertiary/aromatic N) is 1. The standard InChI is InChI=1S/C18H23NO/c1-20-18-9-8-16-10-15(6-7-17(16)11-18)14-4-2-13(12-19)3-5-14/h2-5,15-18H,6-11H2,1H3. The smallest absolute Gasteiger partial charge is 0.0991 e. The van der Waals surface area contributed by atoms with Crippen LogP contribution in [0.3, 0.4) is 0 Å². The van der Waals surface area contributed by atoms with Crippen LogP contribution in [0, 0.1) is 23.2 Å². The third-order valence-corrected chi connectivity index (χ3v) is 5.41. The highest BCUT2D eigenvalue weighted by atomic mass is 16.5. The molecule has 0 aromatic heterocycles. The number of nitriles is 1. The number of hydrogen-bond donors (Lipinski definition) is 0. The fourth-order valence-corrected chi connectivity index (χ4v) is 4.19. The molecule has 2 aliphatic rings. The van der Waals surface area contributed by atoms with Crippen molar-refractivity contribution >= 4 is 0 Å². The van der Waals surface area contributed by atoms with E-state index in [1.807, 2.05) is 19.2 Å². The summed E-state index contributed by atoms with van der Waals surface area (Å²) < 4.78 is 5.55. The van der Waals surface area contributed by atoms with Gasteiger partial charge in [-0.1, -0.05) is 12.1 Å². The first-order valence-electron chi connectivity index (χ1n) is 7.83. The number of hydrogen-bond acceptors (Lipinski definition) is 2. The van der Waals surface area contributed by atoms with Crippen molar-refractivity contribution in [3.8, 4) is 6.07 Å². The van der Waals surface area contributed by atoms with E-state index in [2.05, 4.69) is 18.2 Å². The number of fused-ring (bicyclic) bond motifs is 1. The van der Waals surface area contributed by atoms with E-state index >= 15 is 0 Å². The van der Waals surface area contributed by atoms with Crippen molar-refractivity contribution in [2.75, 3.05) is 7.11 Å². The van der Waals surface area contributed by atoms with Crippen molar-refractivity contribution in [1.82, 2.24) is 0 Å². The summed E-state index contributed by atoms with van der Waals surface area (Å²) >= 11 is 0. The molecule has 0 aliphatic heterocycles. The van der Waals surface area contributed by atoms with Crippen LogP contribution in [-0.4, -0.2) is 13.2 Å². The van der Waals surface area contributed by atoms with Crippen molar-refractivity contribution in [3.63, 3.8) is 0 Å². The van der Waals surface area contributed by atoms with Gasteiger partial charge in [-0.3, -0.25) is 0 Å². The van der Waals surface area contributed by atoms with Crippen LogP contribution in [-0.2, 0) is 4.74 Å². The predicted molar refractivity (Wildman–Crippen MR) is 79.4 cm³/mol. The Balaban J connectivity index is 1.65. The maximum atomic E-state index is 8.88. The number of benzene rings is 1. The largest absolute Gasteiger partial charge is 0.381 e. The minimum atomic E-state index is 0.503. The van der Waals surface area contributed by atoms with E-state index in [0.717, 1.165) is 17.4 Å². The summed E-state index contributed by atoms with van der Waals surface area (Å²) in [6, 6.07) is 10.4. The summed E-state index contributed by atoms with van der Waals surface area (Å²) in [5.74, 6) is 2.46. The van der Waals surface area contributed by atoms with Crippen LogP contribution in [0.15, 0.2) is 24.3 Å². The third kappa shape index (κ3) is 2.74. The topological polar surface area (TPSA) is 33.0 Å². The van der Waals surface area contributed by atoms with Crippen LogP contribution in [0.2, 0.25) is 0 Å². The second-order valence-electron chi connectivity index (χ2n) is 6.43. The molecular formula is C18H23NO. The first-order chi connectivity index (χ1) is 9.80. The van der Waals surface area contributed by atoms with Gasteiger partial charge in [-0.15, -0.1) is 0 Å². The maximum Gasteiger partial charge on any atom is 0.0991 e. The van der Waals surface area contributed by atoms with Gasteiger partial charge in [0.05, 0.1) is 17.7 Å². The lowest BCUT2D eigenvalue weighted by molar-refractivity contribution is 0.0123. The van der Waals surface area contributed by atoms with E-state index in [1.54, 1.807) is 0 Å². The molecule has 2 nitrogen and oxygen atoms in total. The molecule has 2 aliphatic carbocycles. The zero-order chi connectivity index (χ0) is 13.9. The Bertz CT molecular complexity index is 487. The molecule has 0 heterocycles. The molecular weight excluding hydrogens is 246 g/mol. The van der Waals surface area contributed by atoms with Gasteiger partial charge in [0.2, 0.25) is 0 Å². The Morgan fingerprint density at radius 2 is 1.70 bits per heavy atom. The van der Waals surface area contributed by atoms with Gasteiger partial charge in [0.1, 0.15) is 0 Å². The summed E-state index contributed by atoms with van der Waals surface area (Å²) in [6.07, 6.45) is 8.29. The molecule has 0 saturated heterocycles. The van der Waals surface area contributed by atoms with E-state index in [4.69, 9.17) is 10.00 Å². The molecule has 20 heavy (non-hydrogen) atoms. The van der Waals surface area contributed by atoms with Gasteiger partial charge in [-0.05, 0) is 74.0 Å². The van der Waals surface area contributed by atoms with Crippen molar-refractivity contribution in [1.29, 1.82) is 5.26 Å². The van der Waals surface area contributed by atoms with Crippen LogP contribution in [0.4, 0.5) is 0 Å². The maximum absolute atomic E-state index is 8.88. The zero-order valence-electron chi connectivity index (χ0n) is 12.2. The molecule has 0 radical (unpaired) electrons. The highest BCUT2D eigenvalue weighted by Crippen LogP contribution is 2.46. The molecule has 1 aromatic carbocycles. The molecule has 2 saturated carbocycles. The molecule has 2 fully saturated rings. The summed E-state index contributed by atoms with van der Waals surface area (Å²) in [4.78, 5) is 0. The van der Waals surface area contributed by atoms with Crippen LogP contribution in [0.1, 0.15) is 55.6 Å². The third-order valence-electron chi connectivity index (χ3n) is 5.41. The number of ether oxygens (including phenoxy) is 1. The lowest BCUT2D eigenvalue weighted by Gasteiger charge is -2.42. The monoisotopic (exact) mass is 269 g/mol. The van der Waals surface area contributed by atoms with E-state index in [0.29, 0.717) is 12.0 Å². The number of rotatable bonds is 2. The lowest BCUT2D eigenvalue weighted by Crippen LogP contribution is -2.33. The molecule has 0 amide bonds. The normalized spacial score (nSPS) is 33.2. The van der Waals surface area contributed by atoms with E-state index < -0.39 is 0 Å². The van der Waals surface area contributed by atoms with Gasteiger partial charge < -0.3 is 4.74 Å². The Hall–Kier alpha value is -1.33. The average molecular weight is 269 g/mol. The molecule has 4 atom stereocenters. The molecule has 3 rings (SSSR count). The van der Waals surface area contributed by atoms with Gasteiger partial charge >= 0.3 is 0 Å². The molecule has 4 unspecified atom stereocenters. The molecule has 2 heteroatoms. The summed E-state index contributed by atoms with van der Waals surface area (Å²) in [6.45, 7) is 0. The Kier molecular flexibility index (Phi) is 4.08. The van der Waals surface area contributed by atoms with Crippen molar-refractivity contribution in [2.24, 2.45) is 11.8 Å². The van der Waals surface area contributed by atoms with Crippen LogP contribution in [0.5, 0.6) is 0 Å². The van der Waals surface area contributed by atoms with Crippen LogP contribution in [0.25, 0.3) is 0 Å². The van der Waals surface area contributed by atoms with Crippen LogP contribution < -0.4 is 0 Å². The summed E-state index contributed by atoms with van der Waals surface area (Å²) in [5.41, 5.74) is 2.19. The minimum absolute atomic E-state index is 0.503. The van der Waals surface area contributed by atoms with Crippen molar-refractivity contribution in [2.45, 2.75) is 50.5 Å². The molecule has 0 spiro atoms. The molecule has 1 aromatic rings. The number of methoxy groups -OCH3 is 1. The van der Waals surface area contributed by atoms with Crippen molar-refractivity contribution in [3.05, 3.63) is 35.4 Å². The second kappa shape index (κ2) is 5.97. The quantitative estimate of drug-likeness (QED) is 0.803. The Morgan fingerprint density at radius 3 is 2.40 bits per heavy atom. The van der Waals surface area contributed by atoms with E-state index in [1.165, 1.54) is 44.1 Å². The SMILES string of the molecule is COC1CCC2CC(c3ccc(C#N)cc3)CCC2C1. The Morgan fingerprint density at radius 1 is 1.00 bits per heavy atom. The summed E-state index contributed by atoms with van der Waals surface area (Å²) in [7, 11) is 1.85. The van der Waals surface area contributed by atoms with Crippen molar-refractivity contribution < 1.29 is 4.74 Å². The fourth-order valence-electron chi connectivity index (χ4n) is 4.19. The first kappa shape index (κ1) is 13.6. The fraction of sp³-hybridized carbons (Fsp3) is 0.611. The second-order valence-corrected chi connectivity index (χ2v) is 6.43. The van der Waals surface area contributed by atoms with Crippen LogP contribution >= 0.6 is 0 Å².